The van der Waals surface area contributed by atoms with Crippen molar-refractivity contribution in [1.29, 1.82) is 0 Å². The van der Waals surface area contributed by atoms with Crippen LogP contribution >= 0.6 is 0 Å². The summed E-state index contributed by atoms with van der Waals surface area (Å²) < 4.78 is 10.3. The lowest BCUT2D eigenvalue weighted by molar-refractivity contribution is 0.0698. The van der Waals surface area contributed by atoms with Crippen molar-refractivity contribution in [2.75, 3.05) is 40.5 Å². The molecule has 5 heteroatoms. The minimum atomic E-state index is 0.646. The predicted molar refractivity (Wildman–Crippen MR) is 86.7 cm³/mol. The molecular weight excluding hydrogens is 266 g/mol. The molecular formula is C16H27N3O2. The summed E-state index contributed by atoms with van der Waals surface area (Å²) in [6, 6.07) is 8.45. The summed E-state index contributed by atoms with van der Waals surface area (Å²) >= 11 is 0. The van der Waals surface area contributed by atoms with Crippen molar-refractivity contribution in [2.45, 2.75) is 19.9 Å². The van der Waals surface area contributed by atoms with Gasteiger partial charge in [-0.05, 0) is 18.9 Å². The molecule has 0 atom stereocenters. The smallest absolute Gasteiger partial charge is 0.191 e. The molecule has 21 heavy (non-hydrogen) atoms. The molecule has 0 spiro atoms. The van der Waals surface area contributed by atoms with Gasteiger partial charge in [0.2, 0.25) is 0 Å². The van der Waals surface area contributed by atoms with Crippen LogP contribution < -0.4 is 10.6 Å². The highest BCUT2D eigenvalue weighted by atomic mass is 16.5. The number of aliphatic imine (C=N–C) groups is 1. The van der Waals surface area contributed by atoms with Crippen molar-refractivity contribution in [2.24, 2.45) is 4.99 Å². The van der Waals surface area contributed by atoms with E-state index in [4.69, 9.17) is 9.47 Å². The molecule has 0 aliphatic rings. The van der Waals surface area contributed by atoms with Gasteiger partial charge in [0.15, 0.2) is 5.96 Å². The van der Waals surface area contributed by atoms with Gasteiger partial charge in [-0.2, -0.15) is 0 Å². The molecule has 1 aromatic rings. The molecule has 118 valence electrons. The Morgan fingerprint density at radius 3 is 2.76 bits per heavy atom. The summed E-state index contributed by atoms with van der Waals surface area (Å²) in [5, 5.41) is 6.58. The van der Waals surface area contributed by atoms with E-state index in [9.17, 15) is 0 Å². The molecule has 0 saturated carbocycles. The van der Waals surface area contributed by atoms with Crippen molar-refractivity contribution in [1.82, 2.24) is 10.6 Å². The van der Waals surface area contributed by atoms with Crippen LogP contribution in [-0.2, 0) is 16.0 Å². The standard InChI is InChI=1S/C16H27N3O2/c1-14-6-4-7-15(12-14)13-19-16(17-2)18-8-5-9-21-11-10-20-3/h4,6-7,12H,5,8-11,13H2,1-3H3,(H2,17,18,19). The first-order chi connectivity index (χ1) is 10.3. The van der Waals surface area contributed by atoms with E-state index in [0.717, 1.165) is 32.1 Å². The lowest BCUT2D eigenvalue weighted by Gasteiger charge is -2.12. The number of nitrogens with one attached hydrogen (secondary N) is 2. The summed E-state index contributed by atoms with van der Waals surface area (Å²) in [7, 11) is 3.45. The van der Waals surface area contributed by atoms with Crippen LogP contribution in [0.25, 0.3) is 0 Å². The maximum atomic E-state index is 5.41. The zero-order chi connectivity index (χ0) is 15.3. The number of hydrogen-bond acceptors (Lipinski definition) is 3. The summed E-state index contributed by atoms with van der Waals surface area (Å²) in [4.78, 5) is 4.21. The molecule has 0 aliphatic heterocycles. The maximum Gasteiger partial charge on any atom is 0.191 e. The molecule has 0 unspecified atom stereocenters. The largest absolute Gasteiger partial charge is 0.382 e. The molecule has 0 fully saturated rings. The van der Waals surface area contributed by atoms with Crippen LogP contribution in [0.15, 0.2) is 29.3 Å². The van der Waals surface area contributed by atoms with Gasteiger partial charge in [-0.15, -0.1) is 0 Å². The second-order valence-electron chi connectivity index (χ2n) is 4.80. The number of methoxy groups -OCH3 is 1. The molecule has 1 aromatic carbocycles. The first-order valence-electron chi connectivity index (χ1n) is 7.33. The highest BCUT2D eigenvalue weighted by Crippen LogP contribution is 2.02. The first kappa shape index (κ1) is 17.5. The Kier molecular flexibility index (Phi) is 9.24. The van der Waals surface area contributed by atoms with Crippen LogP contribution in [0.4, 0.5) is 0 Å². The van der Waals surface area contributed by atoms with Crippen molar-refractivity contribution in [3.8, 4) is 0 Å². The Labute approximate surface area is 127 Å². The van der Waals surface area contributed by atoms with Crippen LogP contribution in [-0.4, -0.2) is 46.5 Å². The molecule has 0 heterocycles. The van der Waals surface area contributed by atoms with Gasteiger partial charge in [-0.1, -0.05) is 29.8 Å². The molecule has 0 saturated heterocycles. The second kappa shape index (κ2) is 11.1. The number of guanidine groups is 1. The van der Waals surface area contributed by atoms with E-state index in [1.54, 1.807) is 14.2 Å². The quantitative estimate of drug-likeness (QED) is 0.413. The van der Waals surface area contributed by atoms with Crippen LogP contribution in [0.3, 0.4) is 0 Å². The van der Waals surface area contributed by atoms with Crippen molar-refractivity contribution in [3.63, 3.8) is 0 Å². The minimum Gasteiger partial charge on any atom is -0.382 e. The number of nitrogens with zero attached hydrogens (tertiary/aromatic N) is 1. The van der Waals surface area contributed by atoms with Crippen molar-refractivity contribution < 1.29 is 9.47 Å². The molecule has 0 aromatic heterocycles. The average Bonchev–Trinajstić information content (AvgIpc) is 2.49. The third-order valence-corrected chi connectivity index (χ3v) is 2.96. The molecule has 0 aliphatic carbocycles. The first-order valence-corrected chi connectivity index (χ1v) is 7.33. The summed E-state index contributed by atoms with van der Waals surface area (Å²) in [6.45, 7) is 5.72. The topological polar surface area (TPSA) is 54.9 Å². The highest BCUT2D eigenvalue weighted by Gasteiger charge is 1.98. The number of rotatable bonds is 9. The average molecular weight is 293 g/mol. The number of aryl methyl sites for hydroxylation is 1. The summed E-state index contributed by atoms with van der Waals surface area (Å²) in [5.74, 6) is 0.813. The van der Waals surface area contributed by atoms with E-state index in [1.807, 2.05) is 0 Å². The molecule has 2 N–H and O–H groups in total. The molecule has 0 bridgehead atoms. The second-order valence-corrected chi connectivity index (χ2v) is 4.80. The number of hydrogen-bond donors (Lipinski definition) is 2. The molecule has 1 rings (SSSR count). The monoisotopic (exact) mass is 293 g/mol. The third kappa shape index (κ3) is 8.32. The Bertz CT molecular complexity index is 422. The molecule has 5 nitrogen and oxygen atoms in total. The van der Waals surface area contributed by atoms with Gasteiger partial charge in [-0.25, -0.2) is 0 Å². The molecule has 0 radical (unpaired) electrons. The van der Waals surface area contributed by atoms with E-state index < -0.39 is 0 Å². The van der Waals surface area contributed by atoms with Gasteiger partial charge < -0.3 is 20.1 Å². The van der Waals surface area contributed by atoms with Crippen LogP contribution in [0, 0.1) is 6.92 Å². The van der Waals surface area contributed by atoms with Gasteiger partial charge in [0.05, 0.1) is 13.2 Å². The summed E-state index contributed by atoms with van der Waals surface area (Å²) in [5.41, 5.74) is 2.52. The fourth-order valence-electron chi connectivity index (χ4n) is 1.85. The zero-order valence-corrected chi connectivity index (χ0v) is 13.3. The van der Waals surface area contributed by atoms with Crippen LogP contribution in [0.1, 0.15) is 17.5 Å². The van der Waals surface area contributed by atoms with Crippen LogP contribution in [0.5, 0.6) is 0 Å². The van der Waals surface area contributed by atoms with Crippen LogP contribution in [0.2, 0.25) is 0 Å². The normalized spacial score (nSPS) is 11.5. The lowest BCUT2D eigenvalue weighted by Crippen LogP contribution is -2.37. The number of ether oxygens (including phenoxy) is 2. The lowest BCUT2D eigenvalue weighted by atomic mass is 10.1. The SMILES string of the molecule is CN=C(NCCCOCCOC)NCc1cccc(C)c1. The Hall–Kier alpha value is -1.59. The fourth-order valence-corrected chi connectivity index (χ4v) is 1.85. The number of benzene rings is 1. The maximum absolute atomic E-state index is 5.41. The van der Waals surface area contributed by atoms with E-state index in [-0.39, 0.29) is 0 Å². The van der Waals surface area contributed by atoms with E-state index >= 15 is 0 Å². The Balaban J connectivity index is 2.15. The van der Waals surface area contributed by atoms with Gasteiger partial charge in [0, 0.05) is 33.9 Å². The predicted octanol–water partition coefficient (Wildman–Crippen LogP) is 1.71. The highest BCUT2D eigenvalue weighted by molar-refractivity contribution is 5.79. The van der Waals surface area contributed by atoms with Gasteiger partial charge in [-0.3, -0.25) is 4.99 Å². The molecule has 0 amide bonds. The van der Waals surface area contributed by atoms with E-state index in [1.165, 1.54) is 11.1 Å². The van der Waals surface area contributed by atoms with Gasteiger partial charge >= 0.3 is 0 Å². The van der Waals surface area contributed by atoms with Gasteiger partial charge in [0.1, 0.15) is 0 Å². The van der Waals surface area contributed by atoms with Crippen molar-refractivity contribution >= 4 is 5.96 Å². The van der Waals surface area contributed by atoms with Crippen molar-refractivity contribution in [3.05, 3.63) is 35.4 Å². The Morgan fingerprint density at radius 2 is 2.05 bits per heavy atom. The zero-order valence-electron chi connectivity index (χ0n) is 13.3. The van der Waals surface area contributed by atoms with E-state index in [0.29, 0.717) is 13.2 Å². The Morgan fingerprint density at radius 1 is 1.19 bits per heavy atom. The van der Waals surface area contributed by atoms with Gasteiger partial charge in [0.25, 0.3) is 0 Å². The minimum absolute atomic E-state index is 0.646. The third-order valence-electron chi connectivity index (χ3n) is 2.96. The van der Waals surface area contributed by atoms with E-state index in [2.05, 4.69) is 46.8 Å². The summed E-state index contributed by atoms with van der Waals surface area (Å²) in [6.07, 6.45) is 0.939. The fraction of sp³-hybridized carbons (Fsp3) is 0.562.